The Bertz CT molecular complexity index is 1200. The number of ether oxygens (including phenoxy) is 2. The van der Waals surface area contributed by atoms with Crippen molar-refractivity contribution in [1.29, 1.82) is 0 Å². The van der Waals surface area contributed by atoms with Gasteiger partial charge in [-0.3, -0.25) is 13.8 Å². The third kappa shape index (κ3) is 38.8. The molecule has 3 N–H and O–H groups in total. The van der Waals surface area contributed by atoms with E-state index in [1.54, 1.807) is 6.08 Å². The van der Waals surface area contributed by atoms with Gasteiger partial charge in [0.1, 0.15) is 12.2 Å². The molecule has 0 fully saturated rings. The number of hydrogen-bond acceptors (Lipinski definition) is 8. The first-order valence-corrected chi connectivity index (χ1v) is 21.4. The summed E-state index contributed by atoms with van der Waals surface area (Å²) < 4.78 is 33.1. The maximum atomic E-state index is 12.5. The highest BCUT2D eigenvalue weighted by Crippen LogP contribution is 2.43. The summed E-state index contributed by atoms with van der Waals surface area (Å²) in [6, 6.07) is 0. The molecule has 0 bridgehead atoms. The molecular formula is C44H71O9P. The van der Waals surface area contributed by atoms with Crippen LogP contribution in [0.15, 0.2) is 109 Å². The van der Waals surface area contributed by atoms with Crippen LogP contribution in [0.5, 0.6) is 0 Å². The summed E-state index contributed by atoms with van der Waals surface area (Å²) in [5.74, 6) is -0.522. The van der Waals surface area contributed by atoms with E-state index in [0.717, 1.165) is 89.9 Å². The monoisotopic (exact) mass is 774 g/mol. The number of unbranched alkanes of at least 4 members (excludes halogenated alkanes) is 5. The van der Waals surface area contributed by atoms with E-state index in [2.05, 4.69) is 105 Å². The first kappa shape index (κ1) is 51.1. The summed E-state index contributed by atoms with van der Waals surface area (Å²) in [7, 11) is -4.55. The van der Waals surface area contributed by atoms with Crippen LogP contribution in [0.4, 0.5) is 0 Å². The molecule has 54 heavy (non-hydrogen) atoms. The number of rotatable bonds is 36. The van der Waals surface area contributed by atoms with Crippen LogP contribution < -0.4 is 0 Å². The molecule has 0 saturated carbocycles. The molecule has 0 aromatic carbocycles. The lowest BCUT2D eigenvalue weighted by Crippen LogP contribution is -2.28. The molecule has 0 heterocycles. The molecule has 9 nitrogen and oxygen atoms in total. The fourth-order valence-corrected chi connectivity index (χ4v) is 5.33. The van der Waals surface area contributed by atoms with E-state index >= 15 is 0 Å². The molecule has 0 amide bonds. The average molecular weight is 775 g/mol. The first-order chi connectivity index (χ1) is 26.3. The van der Waals surface area contributed by atoms with Gasteiger partial charge in [0.2, 0.25) is 0 Å². The Hall–Kier alpha value is -2.88. The summed E-state index contributed by atoms with van der Waals surface area (Å²) in [5.41, 5.74) is 0. The molecule has 0 radical (unpaired) electrons. The number of aliphatic hydroxyl groups is 2. The van der Waals surface area contributed by atoms with E-state index in [1.165, 1.54) is 0 Å². The number of aliphatic hydroxyl groups excluding tert-OH is 2. The Kier molecular flexibility index (Phi) is 37.7. The lowest BCUT2D eigenvalue weighted by atomic mass is 10.1. The van der Waals surface area contributed by atoms with Crippen LogP contribution in [0.25, 0.3) is 0 Å². The maximum absolute atomic E-state index is 12.5. The molecule has 0 saturated heterocycles. The van der Waals surface area contributed by atoms with Crippen molar-refractivity contribution in [1.82, 2.24) is 0 Å². The van der Waals surface area contributed by atoms with Crippen LogP contribution in [-0.2, 0) is 27.9 Å². The zero-order valence-corrected chi connectivity index (χ0v) is 34.0. The number of esters is 1. The van der Waals surface area contributed by atoms with E-state index in [0.29, 0.717) is 13.0 Å². The lowest BCUT2D eigenvalue weighted by Gasteiger charge is -2.20. The molecule has 0 aliphatic heterocycles. The van der Waals surface area contributed by atoms with E-state index in [1.807, 2.05) is 12.2 Å². The van der Waals surface area contributed by atoms with Crippen molar-refractivity contribution in [2.75, 3.05) is 33.0 Å². The Morgan fingerprint density at radius 3 is 1.50 bits per heavy atom. The van der Waals surface area contributed by atoms with Crippen molar-refractivity contribution >= 4 is 13.8 Å². The predicted molar refractivity (Wildman–Crippen MR) is 223 cm³/mol. The Balaban J connectivity index is 4.41. The van der Waals surface area contributed by atoms with Gasteiger partial charge in [-0.15, -0.1) is 0 Å². The molecule has 0 rings (SSSR count). The van der Waals surface area contributed by atoms with Gasteiger partial charge in [0.15, 0.2) is 0 Å². The highest BCUT2D eigenvalue weighted by atomic mass is 31.2. The molecule has 0 spiro atoms. The topological polar surface area (TPSA) is 132 Å². The molecule has 306 valence electrons. The minimum atomic E-state index is -4.55. The van der Waals surface area contributed by atoms with Gasteiger partial charge >= 0.3 is 13.8 Å². The zero-order chi connectivity index (χ0) is 39.6. The third-order valence-electron chi connectivity index (χ3n) is 7.49. The molecular weight excluding hydrogens is 703 g/mol. The van der Waals surface area contributed by atoms with Gasteiger partial charge in [0, 0.05) is 6.61 Å². The van der Waals surface area contributed by atoms with Crippen LogP contribution >= 0.6 is 7.82 Å². The van der Waals surface area contributed by atoms with Crippen LogP contribution in [0.3, 0.4) is 0 Å². The van der Waals surface area contributed by atoms with Gasteiger partial charge in [-0.1, -0.05) is 142 Å². The van der Waals surface area contributed by atoms with Crippen molar-refractivity contribution in [3.05, 3.63) is 109 Å². The van der Waals surface area contributed by atoms with Crippen LogP contribution in [0.1, 0.15) is 117 Å². The minimum Gasteiger partial charge on any atom is -0.457 e. The van der Waals surface area contributed by atoms with Gasteiger partial charge in [-0.25, -0.2) is 4.57 Å². The molecule has 3 atom stereocenters. The van der Waals surface area contributed by atoms with Crippen molar-refractivity contribution in [2.45, 2.75) is 129 Å². The first-order valence-electron chi connectivity index (χ1n) is 19.9. The summed E-state index contributed by atoms with van der Waals surface area (Å²) in [6.45, 7) is 3.06. The lowest BCUT2D eigenvalue weighted by molar-refractivity contribution is -0.153. The smallest absolute Gasteiger partial charge is 0.457 e. The quantitative estimate of drug-likeness (QED) is 0.0246. The van der Waals surface area contributed by atoms with Crippen LogP contribution in [-0.4, -0.2) is 66.3 Å². The number of phosphoric ester groups is 1. The van der Waals surface area contributed by atoms with Crippen molar-refractivity contribution in [3.63, 3.8) is 0 Å². The number of phosphoric acid groups is 1. The van der Waals surface area contributed by atoms with E-state index < -0.39 is 45.8 Å². The fraction of sp³-hybridized carbons (Fsp3) is 0.568. The normalized spacial score (nSPS) is 15.3. The second-order valence-electron chi connectivity index (χ2n) is 12.6. The Labute approximate surface area is 327 Å². The van der Waals surface area contributed by atoms with Gasteiger partial charge in [0.05, 0.1) is 32.8 Å². The van der Waals surface area contributed by atoms with Crippen molar-refractivity contribution in [2.24, 2.45) is 0 Å². The maximum Gasteiger partial charge on any atom is 0.472 e. The van der Waals surface area contributed by atoms with Crippen LogP contribution in [0, 0.1) is 0 Å². The van der Waals surface area contributed by atoms with Gasteiger partial charge in [0.25, 0.3) is 0 Å². The van der Waals surface area contributed by atoms with Crippen LogP contribution in [0.2, 0.25) is 0 Å². The average Bonchev–Trinajstić information content (AvgIpc) is 3.16. The molecule has 0 aliphatic rings. The van der Waals surface area contributed by atoms with Crippen molar-refractivity contribution in [3.8, 4) is 0 Å². The highest BCUT2D eigenvalue weighted by Gasteiger charge is 2.26. The zero-order valence-electron chi connectivity index (χ0n) is 33.1. The second-order valence-corrected chi connectivity index (χ2v) is 14.0. The standard InChI is InChI=1S/C44H71O9P/c1-3-5-7-9-11-13-15-17-19-20-21-23-25-27-29-31-33-35-37-50-40-43(41-52-54(48,49)51-39-42(46)38-45)53-44(47)36-34-32-30-28-26-24-22-18-16-14-12-10-8-6-4-2/h5-8,11-14,17-19,21-23,26,28,32,34,42-43,45-46H,3-4,9-10,15-16,20,24-25,27,29-31,33,35-41H2,1-2H3,(H,48,49)/b7-5-,8-6-,13-11-,14-12-,19-17-,22-18-,23-21-,28-26-,34-32-. The fourth-order valence-electron chi connectivity index (χ4n) is 4.54. The molecule has 0 aromatic heterocycles. The molecule has 3 unspecified atom stereocenters. The summed E-state index contributed by atoms with van der Waals surface area (Å²) in [5, 5.41) is 18.3. The predicted octanol–water partition coefficient (Wildman–Crippen LogP) is 10.7. The number of allylic oxidation sites excluding steroid dienone is 17. The van der Waals surface area contributed by atoms with Gasteiger partial charge in [-0.05, 0) is 77.0 Å². The van der Waals surface area contributed by atoms with Gasteiger partial charge < -0.3 is 24.6 Å². The van der Waals surface area contributed by atoms with Crippen molar-refractivity contribution < 1.29 is 43.0 Å². The SMILES string of the molecule is CC/C=C\C/C=C\C/C=C\C/C=C\C/C=C\CC(=O)OC(COCCCCCCC/C=C\C/C=C\C/C=C\C/C=C\CC)COP(=O)(O)OCC(O)CO. The Morgan fingerprint density at radius 2 is 1.00 bits per heavy atom. The number of carbonyl (C=O) groups is 1. The molecule has 10 heteroatoms. The number of carbonyl (C=O) groups excluding carboxylic acids is 1. The summed E-state index contributed by atoms with van der Waals surface area (Å²) in [4.78, 5) is 22.5. The Morgan fingerprint density at radius 1 is 0.574 bits per heavy atom. The summed E-state index contributed by atoms with van der Waals surface area (Å²) >= 11 is 0. The second kappa shape index (κ2) is 39.8. The minimum absolute atomic E-state index is 0.0114. The largest absolute Gasteiger partial charge is 0.472 e. The van der Waals surface area contributed by atoms with Gasteiger partial charge in [-0.2, -0.15) is 0 Å². The molecule has 0 aromatic rings. The number of hydrogen-bond donors (Lipinski definition) is 3. The van der Waals surface area contributed by atoms with E-state index in [9.17, 15) is 19.4 Å². The third-order valence-corrected chi connectivity index (χ3v) is 8.44. The van der Waals surface area contributed by atoms with E-state index in [4.69, 9.17) is 23.6 Å². The molecule has 0 aliphatic carbocycles. The highest BCUT2D eigenvalue weighted by molar-refractivity contribution is 7.47. The summed E-state index contributed by atoms with van der Waals surface area (Å²) in [6.07, 6.45) is 50.8. The van der Waals surface area contributed by atoms with E-state index in [-0.39, 0.29) is 13.0 Å².